The Bertz CT molecular complexity index is 1610. The molecule has 186 valence electrons. The molecule has 0 aliphatic carbocycles. The van der Waals surface area contributed by atoms with E-state index in [-0.39, 0.29) is 23.6 Å². The van der Waals surface area contributed by atoms with Crippen LogP contribution in [0.3, 0.4) is 0 Å². The molecule has 3 aromatic carbocycles. The number of hydrogen-bond donors (Lipinski definition) is 0. The molecular formula is C27H22BrN5O4. The van der Waals surface area contributed by atoms with E-state index in [9.17, 15) is 20.2 Å². The van der Waals surface area contributed by atoms with Crippen molar-refractivity contribution < 1.29 is 9.66 Å². The van der Waals surface area contributed by atoms with E-state index in [1.54, 1.807) is 42.5 Å². The number of benzene rings is 3. The highest BCUT2D eigenvalue weighted by molar-refractivity contribution is 9.10. The molecule has 0 saturated heterocycles. The first-order chi connectivity index (χ1) is 17.9. The lowest BCUT2D eigenvalue weighted by atomic mass is 10.1. The van der Waals surface area contributed by atoms with Crippen molar-refractivity contribution in [3.63, 3.8) is 0 Å². The summed E-state index contributed by atoms with van der Waals surface area (Å²) < 4.78 is 7.84. The molecule has 1 heterocycles. The Balaban J connectivity index is 1.78. The number of hydrogen-bond acceptors (Lipinski definition) is 7. The van der Waals surface area contributed by atoms with Crippen molar-refractivity contribution in [3.05, 3.63) is 108 Å². The summed E-state index contributed by atoms with van der Waals surface area (Å²) in [6, 6.07) is 18.7. The lowest BCUT2D eigenvalue weighted by Gasteiger charge is -2.11. The molecule has 0 bridgehead atoms. The summed E-state index contributed by atoms with van der Waals surface area (Å²) in [6.45, 7) is 1.99. The maximum atomic E-state index is 13.3. The van der Waals surface area contributed by atoms with Crippen molar-refractivity contribution in [1.29, 1.82) is 5.26 Å². The molecule has 0 N–H and O–H groups in total. The van der Waals surface area contributed by atoms with Crippen LogP contribution in [-0.2, 0) is 13.0 Å². The number of halogens is 1. The largest absolute Gasteiger partial charge is 0.481 e. The zero-order chi connectivity index (χ0) is 26.4. The molecule has 0 fully saturated rings. The molecule has 0 aliphatic heterocycles. The van der Waals surface area contributed by atoms with Gasteiger partial charge in [0.1, 0.15) is 12.4 Å². The van der Waals surface area contributed by atoms with Crippen LogP contribution >= 0.6 is 15.9 Å². The second-order valence-electron chi connectivity index (χ2n) is 8.16. The Morgan fingerprint density at radius 1 is 1.22 bits per heavy atom. The van der Waals surface area contributed by atoms with E-state index in [1.807, 2.05) is 13.0 Å². The maximum absolute atomic E-state index is 13.3. The molecule has 10 heteroatoms. The van der Waals surface area contributed by atoms with Crippen LogP contribution in [0, 0.1) is 21.4 Å². The third kappa shape index (κ3) is 5.73. The lowest BCUT2D eigenvalue weighted by molar-refractivity contribution is -0.385. The van der Waals surface area contributed by atoms with Gasteiger partial charge < -0.3 is 4.74 Å². The SMILES string of the molecule is CCCCc1nc2ccc(Br)cc2c(=O)n1N=Cc1cccc([N+](=O)[O-])c1OCc1ccccc1C#N. The Labute approximate surface area is 220 Å². The number of nitrogens with zero attached hydrogens (tertiary/aromatic N) is 5. The maximum Gasteiger partial charge on any atom is 0.311 e. The predicted octanol–water partition coefficient (Wildman–Crippen LogP) is 5.74. The van der Waals surface area contributed by atoms with Crippen molar-refractivity contribution in [2.75, 3.05) is 0 Å². The van der Waals surface area contributed by atoms with E-state index in [1.165, 1.54) is 23.0 Å². The average Bonchev–Trinajstić information content (AvgIpc) is 2.90. The summed E-state index contributed by atoms with van der Waals surface area (Å²) in [6.07, 6.45) is 3.62. The van der Waals surface area contributed by atoms with Crippen LogP contribution in [0.5, 0.6) is 5.75 Å². The Hall–Kier alpha value is -4.36. The lowest BCUT2D eigenvalue weighted by Crippen LogP contribution is -2.22. The van der Waals surface area contributed by atoms with E-state index >= 15 is 0 Å². The van der Waals surface area contributed by atoms with E-state index in [2.05, 4.69) is 32.1 Å². The molecule has 37 heavy (non-hydrogen) atoms. The minimum atomic E-state index is -0.545. The zero-order valence-corrected chi connectivity index (χ0v) is 21.5. The monoisotopic (exact) mass is 559 g/mol. The minimum Gasteiger partial charge on any atom is -0.481 e. The molecule has 0 aliphatic rings. The third-order valence-electron chi connectivity index (χ3n) is 5.67. The Morgan fingerprint density at radius 2 is 2.03 bits per heavy atom. The summed E-state index contributed by atoms with van der Waals surface area (Å²) in [7, 11) is 0. The third-order valence-corrected chi connectivity index (χ3v) is 6.17. The van der Waals surface area contributed by atoms with Crippen LogP contribution in [-0.4, -0.2) is 20.8 Å². The number of nitriles is 1. The highest BCUT2D eigenvalue weighted by atomic mass is 79.9. The summed E-state index contributed by atoms with van der Waals surface area (Å²) in [5, 5.41) is 25.9. The Morgan fingerprint density at radius 3 is 2.78 bits per heavy atom. The van der Waals surface area contributed by atoms with Gasteiger partial charge in [0.05, 0.1) is 33.7 Å². The zero-order valence-electron chi connectivity index (χ0n) is 19.9. The van der Waals surface area contributed by atoms with Gasteiger partial charge in [-0.15, -0.1) is 0 Å². The highest BCUT2D eigenvalue weighted by Crippen LogP contribution is 2.31. The molecule has 0 amide bonds. The number of fused-ring (bicyclic) bond motifs is 1. The van der Waals surface area contributed by atoms with Gasteiger partial charge in [0.15, 0.2) is 0 Å². The summed E-state index contributed by atoms with van der Waals surface area (Å²) in [4.78, 5) is 29.2. The van der Waals surface area contributed by atoms with Gasteiger partial charge in [-0.05, 0) is 36.8 Å². The van der Waals surface area contributed by atoms with Crippen LogP contribution in [0.2, 0.25) is 0 Å². The first-order valence-corrected chi connectivity index (χ1v) is 12.4. The van der Waals surface area contributed by atoms with Crippen molar-refractivity contribution in [1.82, 2.24) is 9.66 Å². The average molecular weight is 560 g/mol. The van der Waals surface area contributed by atoms with Gasteiger partial charge in [-0.1, -0.05) is 53.5 Å². The molecule has 9 nitrogen and oxygen atoms in total. The van der Waals surface area contributed by atoms with Gasteiger partial charge >= 0.3 is 5.69 Å². The van der Waals surface area contributed by atoms with Crippen LogP contribution in [0.4, 0.5) is 5.69 Å². The Kier molecular flexibility index (Phi) is 8.05. The van der Waals surface area contributed by atoms with Crippen LogP contribution in [0.15, 0.2) is 75.0 Å². The number of unbranched alkanes of at least 4 members (excludes halogenated alkanes) is 1. The summed E-state index contributed by atoms with van der Waals surface area (Å²) >= 11 is 3.39. The fourth-order valence-electron chi connectivity index (χ4n) is 3.78. The normalized spacial score (nSPS) is 11.1. The van der Waals surface area contributed by atoms with Crippen molar-refractivity contribution in [3.8, 4) is 11.8 Å². The number of nitro groups is 1. The number of aryl methyl sites for hydroxylation is 1. The van der Waals surface area contributed by atoms with Gasteiger partial charge in [0, 0.05) is 28.1 Å². The van der Waals surface area contributed by atoms with Gasteiger partial charge in [-0.25, -0.2) is 4.98 Å². The predicted molar refractivity (Wildman–Crippen MR) is 144 cm³/mol. The summed E-state index contributed by atoms with van der Waals surface area (Å²) in [5.41, 5.74) is 1.29. The molecule has 0 saturated carbocycles. The van der Waals surface area contributed by atoms with E-state index in [0.29, 0.717) is 39.8 Å². The van der Waals surface area contributed by atoms with Crippen LogP contribution in [0.25, 0.3) is 10.9 Å². The minimum absolute atomic E-state index is 0.0105. The van der Waals surface area contributed by atoms with Gasteiger partial charge in [0.2, 0.25) is 5.75 Å². The van der Waals surface area contributed by atoms with Crippen molar-refractivity contribution >= 4 is 38.7 Å². The molecule has 4 aromatic rings. The quantitative estimate of drug-likeness (QED) is 0.146. The second kappa shape index (κ2) is 11.6. The second-order valence-corrected chi connectivity index (χ2v) is 9.08. The molecule has 1 aromatic heterocycles. The van der Waals surface area contributed by atoms with Gasteiger partial charge in [-0.2, -0.15) is 15.0 Å². The van der Waals surface area contributed by atoms with Crippen molar-refractivity contribution in [2.45, 2.75) is 32.8 Å². The molecule has 0 spiro atoms. The fourth-order valence-corrected chi connectivity index (χ4v) is 4.14. The first-order valence-electron chi connectivity index (χ1n) is 11.6. The molecular weight excluding hydrogens is 538 g/mol. The van der Waals surface area contributed by atoms with E-state index in [0.717, 1.165) is 17.3 Å². The number of rotatable bonds is 9. The van der Waals surface area contributed by atoms with E-state index in [4.69, 9.17) is 4.74 Å². The van der Waals surface area contributed by atoms with Crippen LogP contribution in [0.1, 0.15) is 42.3 Å². The van der Waals surface area contributed by atoms with Gasteiger partial charge in [0.25, 0.3) is 5.56 Å². The van der Waals surface area contributed by atoms with Gasteiger partial charge in [-0.3, -0.25) is 14.9 Å². The van der Waals surface area contributed by atoms with E-state index < -0.39 is 4.92 Å². The number of para-hydroxylation sites is 1. The first kappa shape index (κ1) is 25.7. The smallest absolute Gasteiger partial charge is 0.311 e. The standard InChI is InChI=1S/C27H22BrN5O4/c1-2-3-11-25-31-23-13-12-21(28)14-22(23)27(34)32(25)30-16-19-9-6-10-24(33(35)36)26(19)37-17-20-8-5-4-7-18(20)15-29/h4-10,12-14,16H,2-3,11,17H2,1H3. The number of aromatic nitrogens is 2. The number of nitro benzene ring substituents is 1. The molecule has 0 radical (unpaired) electrons. The number of ether oxygens (including phenoxy) is 1. The molecule has 0 atom stereocenters. The summed E-state index contributed by atoms with van der Waals surface area (Å²) in [5.74, 6) is 0.484. The molecule has 0 unspecified atom stereocenters. The van der Waals surface area contributed by atoms with Crippen molar-refractivity contribution in [2.24, 2.45) is 5.10 Å². The molecule has 4 rings (SSSR count). The van der Waals surface area contributed by atoms with Crippen LogP contribution < -0.4 is 10.3 Å². The highest BCUT2D eigenvalue weighted by Gasteiger charge is 2.19. The fraction of sp³-hybridized carbons (Fsp3) is 0.185. The topological polar surface area (TPSA) is 123 Å².